The first kappa shape index (κ1) is 7.64. The number of carbonyl (C=O) groups excluding carboxylic acids is 1. The number of carbonyl (C=O) groups is 1. The monoisotopic (exact) mass is 132 g/mol. The van der Waals surface area contributed by atoms with Crippen molar-refractivity contribution in [2.75, 3.05) is 6.61 Å². The van der Waals surface area contributed by atoms with Crippen molar-refractivity contribution in [3.63, 3.8) is 0 Å². The normalized spacial score (nSPS) is 8.25. The van der Waals surface area contributed by atoms with Crippen molar-refractivity contribution < 1.29 is 9.53 Å². The minimum absolute atomic E-state index is 0.188. The van der Waals surface area contributed by atoms with Crippen LogP contribution in [0.3, 0.4) is 0 Å². The summed E-state index contributed by atoms with van der Waals surface area (Å²) in [7, 11) is 1.98. The van der Waals surface area contributed by atoms with Crippen molar-refractivity contribution in [3.8, 4) is 0 Å². The Morgan fingerprint density at radius 3 is 2.50 bits per heavy atom. The molecule has 1 unspecified atom stereocenters. The maximum absolute atomic E-state index is 10.3. The van der Waals surface area contributed by atoms with Gasteiger partial charge in [-0.05, 0) is 6.92 Å². The molecule has 0 spiro atoms. The summed E-state index contributed by atoms with van der Waals surface area (Å²) < 4.78 is 4.74. The highest BCUT2D eigenvalue weighted by molar-refractivity contribution is 7.41. The van der Waals surface area contributed by atoms with Gasteiger partial charge in [-0.3, -0.25) is 4.79 Å². The molecule has 0 heterocycles. The molecule has 0 saturated carbocycles. The van der Waals surface area contributed by atoms with Crippen LogP contribution in [0.5, 0.6) is 0 Å². The second-order valence-corrected chi connectivity index (χ2v) is 1.74. The molecule has 0 aromatic heterocycles. The SMILES string of the molecule is C=C(OCC)C(=O)P. The Hall–Kier alpha value is -0.360. The van der Waals surface area contributed by atoms with Crippen molar-refractivity contribution in [1.82, 2.24) is 0 Å². The van der Waals surface area contributed by atoms with E-state index >= 15 is 0 Å². The summed E-state index contributed by atoms with van der Waals surface area (Å²) in [6.45, 7) is 5.65. The van der Waals surface area contributed by atoms with Gasteiger partial charge in [0.1, 0.15) is 0 Å². The lowest BCUT2D eigenvalue weighted by Crippen LogP contribution is -1.95. The van der Waals surface area contributed by atoms with E-state index in [0.717, 1.165) is 0 Å². The van der Waals surface area contributed by atoms with E-state index in [1.54, 1.807) is 6.92 Å². The third-order valence-electron chi connectivity index (χ3n) is 0.593. The molecular weight excluding hydrogens is 123 g/mol. The standard InChI is InChI=1S/C5H9O2P/c1-3-7-4(2)5(6)8/h2-3,8H2,1H3. The highest BCUT2D eigenvalue weighted by Crippen LogP contribution is 1.99. The van der Waals surface area contributed by atoms with Gasteiger partial charge in [-0.1, -0.05) is 15.8 Å². The molecule has 0 aliphatic rings. The second kappa shape index (κ2) is 3.62. The third-order valence-corrected chi connectivity index (χ3v) is 0.915. The summed E-state index contributed by atoms with van der Waals surface area (Å²) in [6, 6.07) is 0. The number of allylic oxidation sites excluding steroid dienone is 1. The summed E-state index contributed by atoms with van der Waals surface area (Å²) >= 11 is 0. The summed E-state index contributed by atoms with van der Waals surface area (Å²) in [5.74, 6) is 0.206. The lowest BCUT2D eigenvalue weighted by atomic mass is 10.6. The van der Waals surface area contributed by atoms with Crippen LogP contribution in [0.4, 0.5) is 0 Å². The molecule has 3 heteroatoms. The minimum Gasteiger partial charge on any atom is -0.490 e. The van der Waals surface area contributed by atoms with Gasteiger partial charge < -0.3 is 4.74 Å². The fraction of sp³-hybridized carbons (Fsp3) is 0.400. The highest BCUT2D eigenvalue weighted by atomic mass is 31.0. The predicted molar refractivity (Wildman–Crippen MR) is 35.5 cm³/mol. The van der Waals surface area contributed by atoms with Gasteiger partial charge in [0.25, 0.3) is 0 Å². The first-order chi connectivity index (χ1) is 3.68. The average molecular weight is 132 g/mol. The zero-order valence-electron chi connectivity index (χ0n) is 4.81. The van der Waals surface area contributed by atoms with Crippen LogP contribution < -0.4 is 0 Å². The van der Waals surface area contributed by atoms with Crippen LogP contribution in [0.2, 0.25) is 0 Å². The Morgan fingerprint density at radius 1 is 1.88 bits per heavy atom. The molecule has 0 amide bonds. The molecule has 0 N–H and O–H groups in total. The van der Waals surface area contributed by atoms with Crippen LogP contribution in [0, 0.1) is 0 Å². The molecule has 0 radical (unpaired) electrons. The summed E-state index contributed by atoms with van der Waals surface area (Å²) in [6.07, 6.45) is 0. The first-order valence-electron chi connectivity index (χ1n) is 2.30. The summed E-state index contributed by atoms with van der Waals surface area (Å²) in [5, 5.41) is 0. The number of hydrogen-bond acceptors (Lipinski definition) is 2. The van der Waals surface area contributed by atoms with Crippen molar-refractivity contribution in [3.05, 3.63) is 12.3 Å². The largest absolute Gasteiger partial charge is 0.490 e. The van der Waals surface area contributed by atoms with Gasteiger partial charge in [0.05, 0.1) is 6.61 Å². The van der Waals surface area contributed by atoms with Crippen LogP contribution >= 0.6 is 9.24 Å². The van der Waals surface area contributed by atoms with Crippen molar-refractivity contribution in [2.24, 2.45) is 0 Å². The number of rotatable bonds is 3. The van der Waals surface area contributed by atoms with Gasteiger partial charge >= 0.3 is 0 Å². The molecular formula is C5H9O2P. The van der Waals surface area contributed by atoms with Gasteiger partial charge in [-0.15, -0.1) is 0 Å². The fourth-order valence-electron chi connectivity index (χ4n) is 0.245. The van der Waals surface area contributed by atoms with Gasteiger partial charge in [-0.25, -0.2) is 0 Å². The van der Waals surface area contributed by atoms with Gasteiger partial charge in [0.2, 0.25) is 5.52 Å². The van der Waals surface area contributed by atoms with Crippen LogP contribution in [-0.4, -0.2) is 12.1 Å². The van der Waals surface area contributed by atoms with Crippen LogP contribution in [-0.2, 0) is 9.53 Å². The van der Waals surface area contributed by atoms with E-state index in [4.69, 9.17) is 4.74 Å². The van der Waals surface area contributed by atoms with Crippen LogP contribution in [0.25, 0.3) is 0 Å². The van der Waals surface area contributed by atoms with E-state index in [1.165, 1.54) is 0 Å². The molecule has 0 bridgehead atoms. The first-order valence-corrected chi connectivity index (χ1v) is 2.87. The average Bonchev–Trinajstić information content (AvgIpc) is 1.67. The van der Waals surface area contributed by atoms with Gasteiger partial charge in [0, 0.05) is 0 Å². The predicted octanol–water partition coefficient (Wildman–Crippen LogP) is 0.938. The number of ether oxygens (including phenoxy) is 1. The third kappa shape index (κ3) is 2.75. The lowest BCUT2D eigenvalue weighted by Gasteiger charge is -1.99. The van der Waals surface area contributed by atoms with Gasteiger partial charge in [0.15, 0.2) is 5.76 Å². The lowest BCUT2D eigenvalue weighted by molar-refractivity contribution is -0.110. The van der Waals surface area contributed by atoms with Crippen molar-refractivity contribution >= 4 is 14.8 Å². The van der Waals surface area contributed by atoms with E-state index in [2.05, 4.69) is 6.58 Å². The van der Waals surface area contributed by atoms with E-state index in [0.29, 0.717) is 6.61 Å². The molecule has 46 valence electrons. The van der Waals surface area contributed by atoms with E-state index in [-0.39, 0.29) is 11.3 Å². The Balaban J connectivity index is 3.49. The molecule has 0 aromatic rings. The molecule has 0 fully saturated rings. The molecule has 0 saturated heterocycles. The Bertz CT molecular complexity index is 109. The highest BCUT2D eigenvalue weighted by Gasteiger charge is 1.96. The Kier molecular flexibility index (Phi) is 3.46. The zero-order chi connectivity index (χ0) is 6.57. The van der Waals surface area contributed by atoms with Gasteiger partial charge in [-0.2, -0.15) is 0 Å². The Morgan fingerprint density at radius 2 is 2.38 bits per heavy atom. The maximum atomic E-state index is 10.3. The topological polar surface area (TPSA) is 26.3 Å². The van der Waals surface area contributed by atoms with Crippen molar-refractivity contribution in [2.45, 2.75) is 6.92 Å². The minimum atomic E-state index is -0.188. The molecule has 8 heavy (non-hydrogen) atoms. The summed E-state index contributed by atoms with van der Waals surface area (Å²) in [4.78, 5) is 10.3. The Labute approximate surface area is 51.1 Å². The quantitative estimate of drug-likeness (QED) is 0.324. The number of hydrogen-bond donors (Lipinski definition) is 0. The van der Waals surface area contributed by atoms with E-state index < -0.39 is 0 Å². The fourth-order valence-corrected chi connectivity index (χ4v) is 0.329. The van der Waals surface area contributed by atoms with E-state index in [1.807, 2.05) is 9.24 Å². The molecule has 0 aliphatic carbocycles. The molecule has 0 aromatic carbocycles. The molecule has 0 rings (SSSR count). The van der Waals surface area contributed by atoms with Crippen molar-refractivity contribution in [1.29, 1.82) is 0 Å². The molecule has 1 atom stereocenters. The zero-order valence-corrected chi connectivity index (χ0v) is 5.96. The van der Waals surface area contributed by atoms with Crippen LogP contribution in [0.1, 0.15) is 6.92 Å². The summed E-state index contributed by atoms with van der Waals surface area (Å²) in [5.41, 5.74) is -0.188. The smallest absolute Gasteiger partial charge is 0.211 e. The second-order valence-electron chi connectivity index (χ2n) is 1.22. The maximum Gasteiger partial charge on any atom is 0.211 e. The van der Waals surface area contributed by atoms with Crippen LogP contribution in [0.15, 0.2) is 12.3 Å². The van der Waals surface area contributed by atoms with E-state index in [9.17, 15) is 4.79 Å². The molecule has 0 aliphatic heterocycles. The molecule has 2 nitrogen and oxygen atoms in total.